The van der Waals surface area contributed by atoms with Crippen molar-refractivity contribution in [3.63, 3.8) is 0 Å². The molecule has 0 radical (unpaired) electrons. The molecule has 1 aliphatic heterocycles. The van der Waals surface area contributed by atoms with Crippen molar-refractivity contribution in [3.05, 3.63) is 35.4 Å². The SMILES string of the molecule is C[C@H](NC(=O)C(C)(C)C)C(=O)NCc1ccc(C(=O)N2CCOCC2)cc1. The van der Waals surface area contributed by atoms with Crippen molar-refractivity contribution in [1.29, 1.82) is 0 Å². The van der Waals surface area contributed by atoms with Gasteiger partial charge in [-0.2, -0.15) is 0 Å². The van der Waals surface area contributed by atoms with Crippen LogP contribution in [0.1, 0.15) is 43.6 Å². The van der Waals surface area contributed by atoms with Crippen molar-refractivity contribution in [2.45, 2.75) is 40.3 Å². The highest BCUT2D eigenvalue weighted by Crippen LogP contribution is 2.13. The maximum absolute atomic E-state index is 12.4. The highest BCUT2D eigenvalue weighted by molar-refractivity contribution is 5.94. The fourth-order valence-electron chi connectivity index (χ4n) is 2.54. The summed E-state index contributed by atoms with van der Waals surface area (Å²) in [5.74, 6) is -0.426. The zero-order valence-electron chi connectivity index (χ0n) is 16.5. The van der Waals surface area contributed by atoms with Gasteiger partial charge >= 0.3 is 0 Å². The number of benzene rings is 1. The molecule has 7 nitrogen and oxygen atoms in total. The molecule has 3 amide bonds. The Balaban J connectivity index is 1.84. The summed E-state index contributed by atoms with van der Waals surface area (Å²) in [4.78, 5) is 38.3. The molecule has 0 saturated carbocycles. The Kier molecular flexibility index (Phi) is 6.96. The Labute approximate surface area is 160 Å². The van der Waals surface area contributed by atoms with E-state index in [1.54, 1.807) is 44.7 Å². The number of amides is 3. The van der Waals surface area contributed by atoms with Gasteiger partial charge in [0.05, 0.1) is 13.2 Å². The maximum Gasteiger partial charge on any atom is 0.254 e. The van der Waals surface area contributed by atoms with Gasteiger partial charge in [0, 0.05) is 30.6 Å². The third-order valence-corrected chi connectivity index (χ3v) is 4.39. The van der Waals surface area contributed by atoms with Gasteiger partial charge < -0.3 is 20.3 Å². The number of ether oxygens (including phenoxy) is 1. The molecular weight excluding hydrogens is 346 g/mol. The third-order valence-electron chi connectivity index (χ3n) is 4.39. The number of rotatable bonds is 5. The van der Waals surface area contributed by atoms with E-state index < -0.39 is 11.5 Å². The fourth-order valence-corrected chi connectivity index (χ4v) is 2.54. The predicted octanol–water partition coefficient (Wildman–Crippen LogP) is 1.33. The second-order valence-electron chi connectivity index (χ2n) is 7.76. The van der Waals surface area contributed by atoms with Crippen molar-refractivity contribution in [2.75, 3.05) is 26.3 Å². The van der Waals surface area contributed by atoms with Crippen LogP contribution in [0.3, 0.4) is 0 Å². The standard InChI is InChI=1S/C20H29N3O4/c1-14(22-19(26)20(2,3)4)17(24)21-13-15-5-7-16(8-6-15)18(25)23-9-11-27-12-10-23/h5-8,14H,9-13H2,1-4H3,(H,21,24)(H,22,26)/t14-/m0/s1. The molecule has 0 spiro atoms. The lowest BCUT2D eigenvalue weighted by atomic mass is 9.95. The van der Waals surface area contributed by atoms with E-state index in [-0.39, 0.29) is 17.7 Å². The molecule has 1 fully saturated rings. The normalized spacial score (nSPS) is 15.8. The first kappa shape index (κ1) is 20.9. The van der Waals surface area contributed by atoms with Crippen LogP contribution in [0.25, 0.3) is 0 Å². The average Bonchev–Trinajstić information content (AvgIpc) is 2.65. The lowest BCUT2D eigenvalue weighted by Crippen LogP contribution is -2.48. The molecule has 0 unspecified atom stereocenters. The summed E-state index contributed by atoms with van der Waals surface area (Å²) < 4.78 is 5.26. The van der Waals surface area contributed by atoms with Gasteiger partial charge in [0.15, 0.2) is 0 Å². The molecule has 0 aromatic heterocycles. The molecule has 1 aromatic carbocycles. The predicted molar refractivity (Wildman–Crippen MR) is 102 cm³/mol. The van der Waals surface area contributed by atoms with Crippen molar-refractivity contribution in [2.24, 2.45) is 5.41 Å². The van der Waals surface area contributed by atoms with Crippen LogP contribution in [-0.4, -0.2) is 55.0 Å². The van der Waals surface area contributed by atoms with E-state index in [9.17, 15) is 14.4 Å². The lowest BCUT2D eigenvalue weighted by Gasteiger charge is -2.26. The van der Waals surface area contributed by atoms with E-state index in [0.29, 0.717) is 38.4 Å². The number of carbonyl (C=O) groups is 3. The van der Waals surface area contributed by atoms with Gasteiger partial charge in [0.2, 0.25) is 11.8 Å². The minimum atomic E-state index is -0.612. The van der Waals surface area contributed by atoms with Gasteiger partial charge in [-0.1, -0.05) is 32.9 Å². The summed E-state index contributed by atoms with van der Waals surface area (Å²) in [5.41, 5.74) is 0.964. The monoisotopic (exact) mass is 375 g/mol. The zero-order valence-corrected chi connectivity index (χ0v) is 16.5. The van der Waals surface area contributed by atoms with Crippen LogP contribution < -0.4 is 10.6 Å². The number of nitrogens with one attached hydrogen (secondary N) is 2. The highest BCUT2D eigenvalue weighted by atomic mass is 16.5. The number of morpholine rings is 1. The molecule has 1 heterocycles. The molecule has 1 atom stereocenters. The maximum atomic E-state index is 12.4. The molecule has 1 saturated heterocycles. The smallest absolute Gasteiger partial charge is 0.254 e. The topological polar surface area (TPSA) is 87.7 Å². The van der Waals surface area contributed by atoms with Crippen LogP contribution in [0.5, 0.6) is 0 Å². The summed E-state index contributed by atoms with van der Waals surface area (Å²) in [5, 5.41) is 5.51. The summed E-state index contributed by atoms with van der Waals surface area (Å²) in [7, 11) is 0. The minimum absolute atomic E-state index is 0.00704. The third kappa shape index (κ3) is 6.06. The van der Waals surface area contributed by atoms with Gasteiger partial charge in [0.25, 0.3) is 5.91 Å². The fraction of sp³-hybridized carbons (Fsp3) is 0.550. The molecule has 27 heavy (non-hydrogen) atoms. The van der Waals surface area contributed by atoms with Gasteiger partial charge in [-0.15, -0.1) is 0 Å². The summed E-state index contributed by atoms with van der Waals surface area (Å²) in [6.45, 7) is 9.74. The average molecular weight is 375 g/mol. The molecule has 7 heteroatoms. The molecule has 1 aromatic rings. The Bertz CT molecular complexity index is 673. The quantitative estimate of drug-likeness (QED) is 0.813. The number of nitrogens with zero attached hydrogens (tertiary/aromatic N) is 1. The Morgan fingerprint density at radius 3 is 2.26 bits per heavy atom. The van der Waals surface area contributed by atoms with Gasteiger partial charge in [-0.25, -0.2) is 0 Å². The van der Waals surface area contributed by atoms with E-state index in [2.05, 4.69) is 10.6 Å². The largest absolute Gasteiger partial charge is 0.378 e. The second-order valence-corrected chi connectivity index (χ2v) is 7.76. The van der Waals surface area contributed by atoms with Crippen molar-refractivity contribution in [3.8, 4) is 0 Å². The van der Waals surface area contributed by atoms with E-state index in [1.165, 1.54) is 0 Å². The first-order chi connectivity index (χ1) is 12.7. The van der Waals surface area contributed by atoms with Crippen LogP contribution in [0.2, 0.25) is 0 Å². The molecular formula is C20H29N3O4. The van der Waals surface area contributed by atoms with Crippen LogP contribution in [0.15, 0.2) is 24.3 Å². The Hall–Kier alpha value is -2.41. The van der Waals surface area contributed by atoms with Crippen LogP contribution >= 0.6 is 0 Å². The number of carbonyl (C=O) groups excluding carboxylic acids is 3. The highest BCUT2D eigenvalue weighted by Gasteiger charge is 2.25. The first-order valence-corrected chi connectivity index (χ1v) is 9.23. The molecule has 148 valence electrons. The van der Waals surface area contributed by atoms with E-state index >= 15 is 0 Å². The zero-order chi connectivity index (χ0) is 20.0. The van der Waals surface area contributed by atoms with Crippen molar-refractivity contribution >= 4 is 17.7 Å². The summed E-state index contributed by atoms with van der Waals surface area (Å²) in [6.07, 6.45) is 0. The molecule has 0 aliphatic carbocycles. The Morgan fingerprint density at radius 2 is 1.70 bits per heavy atom. The number of hydrogen-bond donors (Lipinski definition) is 2. The van der Waals surface area contributed by atoms with Crippen LogP contribution in [0, 0.1) is 5.41 Å². The van der Waals surface area contributed by atoms with E-state index in [1.807, 2.05) is 12.1 Å². The molecule has 1 aliphatic rings. The van der Waals surface area contributed by atoms with Gasteiger partial charge in [-0.3, -0.25) is 14.4 Å². The number of hydrogen-bond acceptors (Lipinski definition) is 4. The van der Waals surface area contributed by atoms with Crippen molar-refractivity contribution in [1.82, 2.24) is 15.5 Å². The first-order valence-electron chi connectivity index (χ1n) is 9.23. The second kappa shape index (κ2) is 8.99. The Morgan fingerprint density at radius 1 is 1.11 bits per heavy atom. The van der Waals surface area contributed by atoms with Crippen molar-refractivity contribution < 1.29 is 19.1 Å². The van der Waals surface area contributed by atoms with E-state index in [4.69, 9.17) is 4.74 Å². The summed E-state index contributed by atoms with van der Waals surface area (Å²) >= 11 is 0. The molecule has 2 rings (SSSR count). The lowest BCUT2D eigenvalue weighted by molar-refractivity contribution is -0.133. The van der Waals surface area contributed by atoms with Crippen LogP contribution in [-0.2, 0) is 20.9 Å². The molecule has 2 N–H and O–H groups in total. The minimum Gasteiger partial charge on any atom is -0.378 e. The summed E-state index contributed by atoms with van der Waals surface area (Å²) in [6, 6.07) is 6.58. The van der Waals surface area contributed by atoms with Gasteiger partial charge in [0.1, 0.15) is 6.04 Å². The molecule has 0 bridgehead atoms. The van der Waals surface area contributed by atoms with E-state index in [0.717, 1.165) is 5.56 Å². The van der Waals surface area contributed by atoms with Gasteiger partial charge in [-0.05, 0) is 24.6 Å². The van der Waals surface area contributed by atoms with Crippen LogP contribution in [0.4, 0.5) is 0 Å².